The molecule has 0 saturated heterocycles. The molecule has 128 valence electrons. The minimum absolute atomic E-state index is 0.259. The van der Waals surface area contributed by atoms with Crippen molar-refractivity contribution in [2.24, 2.45) is 5.92 Å². The molecule has 7 heteroatoms. The molecule has 24 heavy (non-hydrogen) atoms. The van der Waals surface area contributed by atoms with Crippen LogP contribution in [0.4, 0.5) is 0 Å². The lowest BCUT2D eigenvalue weighted by Gasteiger charge is -2.19. The number of amides is 2. The van der Waals surface area contributed by atoms with Gasteiger partial charge in [0.25, 0.3) is 0 Å². The number of H-pyrrole nitrogens is 1. The lowest BCUT2D eigenvalue weighted by Crippen LogP contribution is -2.50. The second kappa shape index (κ2) is 7.63. The van der Waals surface area contributed by atoms with E-state index < -0.39 is 24.5 Å². The molecule has 1 heterocycles. The van der Waals surface area contributed by atoms with Gasteiger partial charge in [-0.25, -0.2) is 0 Å². The Morgan fingerprint density at radius 2 is 1.88 bits per heavy atom. The van der Waals surface area contributed by atoms with Crippen molar-refractivity contribution in [3.05, 3.63) is 36.0 Å². The van der Waals surface area contributed by atoms with Gasteiger partial charge in [0.15, 0.2) is 0 Å². The van der Waals surface area contributed by atoms with Crippen LogP contribution in [0, 0.1) is 5.92 Å². The Balaban J connectivity index is 2.19. The van der Waals surface area contributed by atoms with E-state index in [4.69, 9.17) is 5.11 Å². The van der Waals surface area contributed by atoms with Crippen molar-refractivity contribution < 1.29 is 19.5 Å². The first-order valence-electron chi connectivity index (χ1n) is 7.73. The molecule has 0 aliphatic rings. The summed E-state index contributed by atoms with van der Waals surface area (Å²) in [7, 11) is 0. The maximum absolute atomic E-state index is 12.3. The second-order valence-corrected chi connectivity index (χ2v) is 5.89. The van der Waals surface area contributed by atoms with Crippen LogP contribution in [-0.4, -0.2) is 40.5 Å². The number of rotatable bonds is 7. The number of fused-ring (bicyclic) bond motifs is 1. The van der Waals surface area contributed by atoms with Crippen LogP contribution < -0.4 is 10.6 Å². The summed E-state index contributed by atoms with van der Waals surface area (Å²) in [6, 6.07) is 6.81. The molecule has 0 aliphatic carbocycles. The van der Waals surface area contributed by atoms with E-state index in [1.165, 1.54) is 0 Å². The van der Waals surface area contributed by atoms with Gasteiger partial charge < -0.3 is 20.7 Å². The van der Waals surface area contributed by atoms with Crippen molar-refractivity contribution >= 4 is 28.7 Å². The molecule has 2 rings (SSSR count). The van der Waals surface area contributed by atoms with Crippen LogP contribution >= 0.6 is 0 Å². The predicted molar refractivity (Wildman–Crippen MR) is 89.4 cm³/mol. The Labute approximate surface area is 139 Å². The summed E-state index contributed by atoms with van der Waals surface area (Å²) in [5, 5.41) is 14.7. The Bertz CT molecular complexity index is 751. The molecule has 0 spiro atoms. The highest BCUT2D eigenvalue weighted by Gasteiger charge is 2.23. The standard InChI is InChI=1S/C17H21N3O4/c1-10(2)16(23)20-14(17(24)19-9-15(21)22)7-11-8-18-13-6-4-3-5-12(11)13/h3-6,8,10,14,18H,7,9H2,1-2H3,(H,19,24)(H,20,23)(H,21,22). The molecule has 2 amide bonds. The van der Waals surface area contributed by atoms with Crippen LogP contribution in [0.1, 0.15) is 19.4 Å². The molecule has 0 fully saturated rings. The van der Waals surface area contributed by atoms with Gasteiger partial charge in [0.2, 0.25) is 11.8 Å². The summed E-state index contributed by atoms with van der Waals surface area (Å²) in [5.41, 5.74) is 1.82. The monoisotopic (exact) mass is 331 g/mol. The summed E-state index contributed by atoms with van der Waals surface area (Å²) in [6.07, 6.45) is 2.07. The molecule has 0 bridgehead atoms. The van der Waals surface area contributed by atoms with Gasteiger partial charge in [0.1, 0.15) is 12.6 Å². The molecule has 4 N–H and O–H groups in total. The van der Waals surface area contributed by atoms with Crippen molar-refractivity contribution in [3.63, 3.8) is 0 Å². The fourth-order valence-electron chi connectivity index (χ4n) is 2.35. The molecule has 0 aliphatic heterocycles. The van der Waals surface area contributed by atoms with E-state index in [2.05, 4.69) is 15.6 Å². The Hall–Kier alpha value is -2.83. The largest absolute Gasteiger partial charge is 0.480 e. The number of aromatic nitrogens is 1. The van der Waals surface area contributed by atoms with Gasteiger partial charge in [-0.15, -0.1) is 0 Å². The van der Waals surface area contributed by atoms with Gasteiger partial charge in [-0.05, 0) is 11.6 Å². The third kappa shape index (κ3) is 4.34. The Morgan fingerprint density at radius 3 is 2.54 bits per heavy atom. The topological polar surface area (TPSA) is 111 Å². The van der Waals surface area contributed by atoms with Crippen LogP contribution in [0.25, 0.3) is 10.9 Å². The zero-order valence-corrected chi connectivity index (χ0v) is 13.6. The van der Waals surface area contributed by atoms with E-state index in [9.17, 15) is 14.4 Å². The zero-order valence-electron chi connectivity index (χ0n) is 13.6. The van der Waals surface area contributed by atoms with Crippen LogP contribution in [0.5, 0.6) is 0 Å². The third-order valence-electron chi connectivity index (χ3n) is 3.67. The molecular weight excluding hydrogens is 310 g/mol. The van der Waals surface area contributed by atoms with E-state index >= 15 is 0 Å². The highest BCUT2D eigenvalue weighted by molar-refractivity contribution is 5.91. The third-order valence-corrected chi connectivity index (χ3v) is 3.67. The van der Waals surface area contributed by atoms with Gasteiger partial charge >= 0.3 is 5.97 Å². The normalized spacial score (nSPS) is 12.1. The van der Waals surface area contributed by atoms with E-state index in [1.807, 2.05) is 24.3 Å². The predicted octanol–water partition coefficient (Wildman–Crippen LogP) is 1.05. The first-order chi connectivity index (χ1) is 11.4. The number of carbonyl (C=O) groups excluding carboxylic acids is 2. The molecule has 1 atom stereocenters. The van der Waals surface area contributed by atoms with E-state index in [-0.39, 0.29) is 18.2 Å². The highest BCUT2D eigenvalue weighted by atomic mass is 16.4. The van der Waals surface area contributed by atoms with Crippen molar-refractivity contribution in [1.29, 1.82) is 0 Å². The minimum atomic E-state index is -1.13. The second-order valence-electron chi connectivity index (χ2n) is 5.89. The summed E-state index contributed by atoms with van der Waals surface area (Å²) in [5.74, 6) is -2.19. The van der Waals surface area contributed by atoms with E-state index in [1.54, 1.807) is 20.0 Å². The average molecular weight is 331 g/mol. The van der Waals surface area contributed by atoms with Crippen LogP contribution in [0.15, 0.2) is 30.5 Å². The number of hydrogen-bond acceptors (Lipinski definition) is 3. The average Bonchev–Trinajstić information content (AvgIpc) is 2.95. The number of aromatic amines is 1. The number of carboxylic acid groups (broad SMARTS) is 1. The number of carbonyl (C=O) groups is 3. The quantitative estimate of drug-likeness (QED) is 0.607. The summed E-state index contributed by atoms with van der Waals surface area (Å²) >= 11 is 0. The highest BCUT2D eigenvalue weighted by Crippen LogP contribution is 2.19. The van der Waals surface area contributed by atoms with Gasteiger partial charge in [-0.2, -0.15) is 0 Å². The molecule has 1 aromatic heterocycles. The van der Waals surface area contributed by atoms with Crippen LogP contribution in [0.2, 0.25) is 0 Å². The molecular formula is C17H21N3O4. The Kier molecular flexibility index (Phi) is 5.57. The van der Waals surface area contributed by atoms with Gasteiger partial charge in [0, 0.05) is 29.4 Å². The smallest absolute Gasteiger partial charge is 0.322 e. The molecule has 1 unspecified atom stereocenters. The maximum Gasteiger partial charge on any atom is 0.322 e. The number of para-hydroxylation sites is 1. The molecule has 7 nitrogen and oxygen atoms in total. The van der Waals surface area contributed by atoms with Gasteiger partial charge in [0.05, 0.1) is 0 Å². The van der Waals surface area contributed by atoms with Crippen molar-refractivity contribution in [3.8, 4) is 0 Å². The maximum atomic E-state index is 12.3. The van der Waals surface area contributed by atoms with E-state index in [0.717, 1.165) is 16.5 Å². The zero-order chi connectivity index (χ0) is 17.7. The van der Waals surface area contributed by atoms with Gasteiger partial charge in [-0.3, -0.25) is 14.4 Å². The Morgan fingerprint density at radius 1 is 1.17 bits per heavy atom. The summed E-state index contributed by atoms with van der Waals surface area (Å²) < 4.78 is 0. The number of aliphatic carboxylic acids is 1. The van der Waals surface area contributed by atoms with Crippen LogP contribution in [-0.2, 0) is 20.8 Å². The lowest BCUT2D eigenvalue weighted by molar-refractivity contribution is -0.138. The molecule has 2 aromatic rings. The fourth-order valence-corrected chi connectivity index (χ4v) is 2.35. The number of carboxylic acids is 1. The van der Waals surface area contributed by atoms with Crippen molar-refractivity contribution in [1.82, 2.24) is 15.6 Å². The number of hydrogen-bond donors (Lipinski definition) is 4. The summed E-state index contributed by atoms with van der Waals surface area (Å²) in [6.45, 7) is 2.97. The van der Waals surface area contributed by atoms with Crippen LogP contribution in [0.3, 0.4) is 0 Å². The number of benzene rings is 1. The first-order valence-corrected chi connectivity index (χ1v) is 7.73. The summed E-state index contributed by atoms with van der Waals surface area (Å²) in [4.78, 5) is 38.0. The lowest BCUT2D eigenvalue weighted by atomic mass is 10.0. The SMILES string of the molecule is CC(C)C(=O)NC(Cc1c[nH]c2ccccc12)C(=O)NCC(=O)O. The molecule has 0 saturated carbocycles. The first kappa shape index (κ1) is 17.5. The van der Waals surface area contributed by atoms with Gasteiger partial charge in [-0.1, -0.05) is 32.0 Å². The molecule has 0 radical (unpaired) electrons. The van der Waals surface area contributed by atoms with Crippen molar-refractivity contribution in [2.45, 2.75) is 26.3 Å². The molecule has 1 aromatic carbocycles. The van der Waals surface area contributed by atoms with Crippen molar-refractivity contribution in [2.75, 3.05) is 6.54 Å². The minimum Gasteiger partial charge on any atom is -0.480 e. The fraction of sp³-hybridized carbons (Fsp3) is 0.353. The number of nitrogens with one attached hydrogen (secondary N) is 3. The van der Waals surface area contributed by atoms with E-state index in [0.29, 0.717) is 0 Å².